The second-order valence-electron chi connectivity index (χ2n) is 14.8. The molecule has 0 heterocycles. The van der Waals surface area contributed by atoms with Crippen LogP contribution in [-0.2, 0) is 37.6 Å². The Morgan fingerprint density at radius 1 is 0.943 bits per heavy atom. The molecular weight excluding hydrogens is 707 g/mol. The van der Waals surface area contributed by atoms with Gasteiger partial charge in [0.1, 0.15) is 41.4 Å². The van der Waals surface area contributed by atoms with Crippen LogP contribution in [0, 0.1) is 23.7 Å². The summed E-state index contributed by atoms with van der Waals surface area (Å²) in [6, 6.07) is -2.17. The number of methoxy groups -OCH3 is 2. The number of nitrogens with zero attached hydrogens (tertiary/aromatic N) is 2. The maximum absolute atomic E-state index is 14.7. The average molecular weight is 775 g/mol. The minimum Gasteiger partial charge on any atom is -0.479 e. The standard InChI is InChI=1S/C36H67N6O10P/c1-14-15-30(38)40-33(49-13)31(25(11)37)39-18-26-24(10)36(26,46)32(43)29(48-12)19-50-53(47,41-27(16-20(2)3)34(44)51-22(6)7)42-28(17-21(4)5)35(45)52-23(8)9/h15,18,20-24,26-29,32,43,46H,14,16-17,19,37-38H2,1-13H3,(H2,41,42,47)/b30-15+,31-25?,39-18-,40-33+/t24?,26?,27-,28?,29?,32?,36?,53?/m0/s1. The van der Waals surface area contributed by atoms with E-state index in [1.807, 2.05) is 34.6 Å². The van der Waals surface area contributed by atoms with Crippen LogP contribution in [0.3, 0.4) is 0 Å². The molecule has 8 atom stereocenters. The highest BCUT2D eigenvalue weighted by molar-refractivity contribution is 7.54. The van der Waals surface area contributed by atoms with Crippen LogP contribution in [0.5, 0.6) is 0 Å². The number of nitrogens with two attached hydrogens (primary N) is 2. The fourth-order valence-electron chi connectivity index (χ4n) is 5.63. The highest BCUT2D eigenvalue weighted by atomic mass is 31.2. The first-order valence-electron chi connectivity index (χ1n) is 18.3. The molecule has 7 unspecified atom stereocenters. The minimum absolute atomic E-state index is 0.0226. The van der Waals surface area contributed by atoms with E-state index in [2.05, 4.69) is 20.2 Å². The van der Waals surface area contributed by atoms with Crippen LogP contribution in [0.25, 0.3) is 0 Å². The first kappa shape index (κ1) is 48.2. The summed E-state index contributed by atoms with van der Waals surface area (Å²) < 4.78 is 42.6. The van der Waals surface area contributed by atoms with Gasteiger partial charge in [-0.1, -0.05) is 41.5 Å². The Kier molecular flexibility index (Phi) is 19.9. The van der Waals surface area contributed by atoms with Gasteiger partial charge in [-0.2, -0.15) is 4.99 Å². The summed E-state index contributed by atoms with van der Waals surface area (Å²) in [5, 5.41) is 28.8. The molecule has 1 aliphatic carbocycles. The van der Waals surface area contributed by atoms with E-state index >= 15 is 0 Å². The van der Waals surface area contributed by atoms with Crippen LogP contribution >= 0.6 is 7.67 Å². The van der Waals surface area contributed by atoms with Crippen molar-refractivity contribution in [1.82, 2.24) is 10.2 Å². The Bertz CT molecular complexity index is 1320. The SMILES string of the molecule is CC/C=C(N)/N=C(/OC)C(/N=C\C1C(C)C1(O)C(O)C(COP(=O)(NC(CC(C)C)C(=O)OC(C)C)N[C@@H](CC(C)C)C(=O)OC(C)C)OC)=C(C)N. The van der Waals surface area contributed by atoms with E-state index in [9.17, 15) is 24.4 Å². The van der Waals surface area contributed by atoms with Crippen molar-refractivity contribution < 1.29 is 47.8 Å². The van der Waals surface area contributed by atoms with E-state index in [0.29, 0.717) is 6.42 Å². The summed E-state index contributed by atoms with van der Waals surface area (Å²) in [6.45, 7) is 19.1. The summed E-state index contributed by atoms with van der Waals surface area (Å²) in [5.41, 5.74) is 10.8. The number of aliphatic imine (C=N–C) groups is 2. The molecule has 17 heteroatoms. The number of hydrogen-bond acceptors (Lipinski definition) is 14. The third kappa shape index (κ3) is 15.1. The number of hydrogen-bond donors (Lipinski definition) is 6. The fraction of sp³-hybridized carbons (Fsp3) is 0.778. The molecule has 1 saturated carbocycles. The molecule has 1 rings (SSSR count). The quantitative estimate of drug-likeness (QED) is 0.0374. The molecule has 306 valence electrons. The highest BCUT2D eigenvalue weighted by Crippen LogP contribution is 2.53. The number of allylic oxidation sites excluding steroid dienone is 2. The van der Waals surface area contributed by atoms with Crippen LogP contribution < -0.4 is 21.6 Å². The van der Waals surface area contributed by atoms with Crippen molar-refractivity contribution in [3.63, 3.8) is 0 Å². The normalized spacial score (nSPS) is 23.5. The van der Waals surface area contributed by atoms with E-state index in [-0.39, 0.29) is 47.8 Å². The predicted octanol–water partition coefficient (Wildman–Crippen LogP) is 3.91. The molecular formula is C36H67N6O10P. The molecule has 0 aromatic rings. The Hall–Kier alpha value is -2.85. The monoisotopic (exact) mass is 774 g/mol. The maximum atomic E-state index is 14.7. The molecule has 0 radical (unpaired) electrons. The maximum Gasteiger partial charge on any atom is 0.342 e. The van der Waals surface area contributed by atoms with Gasteiger partial charge in [-0.3, -0.25) is 19.1 Å². The fourth-order valence-corrected chi connectivity index (χ4v) is 7.45. The average Bonchev–Trinajstić information content (AvgIpc) is 3.57. The van der Waals surface area contributed by atoms with Crippen molar-refractivity contribution in [1.29, 1.82) is 0 Å². The van der Waals surface area contributed by atoms with Crippen LogP contribution in [0.1, 0.15) is 95.4 Å². The molecule has 53 heavy (non-hydrogen) atoms. The van der Waals surface area contributed by atoms with E-state index < -0.39 is 80.2 Å². The molecule has 1 aliphatic rings. The van der Waals surface area contributed by atoms with E-state index in [1.165, 1.54) is 20.4 Å². The molecule has 0 bridgehead atoms. The Morgan fingerprint density at radius 2 is 1.43 bits per heavy atom. The van der Waals surface area contributed by atoms with Gasteiger partial charge in [0.25, 0.3) is 0 Å². The minimum atomic E-state index is -4.34. The molecule has 16 nitrogen and oxygen atoms in total. The number of rotatable bonds is 23. The van der Waals surface area contributed by atoms with E-state index in [0.717, 1.165) is 0 Å². The highest BCUT2D eigenvalue weighted by Gasteiger charge is 2.66. The van der Waals surface area contributed by atoms with Crippen molar-refractivity contribution in [2.75, 3.05) is 20.8 Å². The van der Waals surface area contributed by atoms with Gasteiger partial charge in [0.15, 0.2) is 0 Å². The lowest BCUT2D eigenvalue weighted by Crippen LogP contribution is -2.48. The topological polar surface area (TPSA) is 239 Å². The zero-order valence-electron chi connectivity index (χ0n) is 33.9. The largest absolute Gasteiger partial charge is 0.479 e. The zero-order valence-corrected chi connectivity index (χ0v) is 34.8. The van der Waals surface area contributed by atoms with Crippen molar-refractivity contribution in [3.05, 3.63) is 23.3 Å². The molecule has 0 amide bonds. The van der Waals surface area contributed by atoms with Crippen LogP contribution in [-0.4, -0.2) is 97.2 Å². The summed E-state index contributed by atoms with van der Waals surface area (Å²) in [6.07, 6.45) is 0.581. The lowest BCUT2D eigenvalue weighted by Gasteiger charge is -2.32. The van der Waals surface area contributed by atoms with Crippen LogP contribution in [0.4, 0.5) is 0 Å². The van der Waals surface area contributed by atoms with Crippen LogP contribution in [0.15, 0.2) is 33.3 Å². The summed E-state index contributed by atoms with van der Waals surface area (Å²) in [5.74, 6) is -2.23. The number of esters is 2. The number of nitrogens with one attached hydrogen (secondary N) is 2. The molecule has 0 aliphatic heterocycles. The third-order valence-electron chi connectivity index (χ3n) is 8.36. The molecule has 0 saturated heterocycles. The number of ether oxygens (including phenoxy) is 4. The number of carbonyl (C=O) groups is 2. The Balaban J connectivity index is 3.48. The van der Waals surface area contributed by atoms with Gasteiger partial charge < -0.3 is 45.2 Å². The molecule has 1 fully saturated rings. The smallest absolute Gasteiger partial charge is 0.342 e. The second-order valence-corrected chi connectivity index (χ2v) is 16.7. The van der Waals surface area contributed by atoms with Crippen molar-refractivity contribution in [2.45, 2.75) is 138 Å². The molecule has 8 N–H and O–H groups in total. The number of carbonyl (C=O) groups excluding carboxylic acids is 2. The van der Waals surface area contributed by atoms with Gasteiger partial charge in [0, 0.05) is 24.9 Å². The van der Waals surface area contributed by atoms with Crippen LogP contribution in [0.2, 0.25) is 0 Å². The number of aliphatic hydroxyl groups excluding tert-OH is 1. The van der Waals surface area contributed by atoms with Gasteiger partial charge >= 0.3 is 19.6 Å². The first-order chi connectivity index (χ1) is 24.6. The van der Waals surface area contributed by atoms with E-state index in [4.69, 9.17) is 34.9 Å². The lowest BCUT2D eigenvalue weighted by molar-refractivity contribution is -0.150. The molecule has 0 aromatic heterocycles. The van der Waals surface area contributed by atoms with Gasteiger partial charge in [-0.25, -0.2) is 10.2 Å². The molecule has 0 spiro atoms. The van der Waals surface area contributed by atoms with Crippen molar-refractivity contribution in [3.8, 4) is 0 Å². The van der Waals surface area contributed by atoms with E-state index in [1.54, 1.807) is 47.6 Å². The summed E-state index contributed by atoms with van der Waals surface area (Å²) in [4.78, 5) is 35.1. The van der Waals surface area contributed by atoms with Gasteiger partial charge in [0.2, 0.25) is 5.90 Å². The Morgan fingerprint density at radius 3 is 1.81 bits per heavy atom. The predicted molar refractivity (Wildman–Crippen MR) is 206 cm³/mol. The summed E-state index contributed by atoms with van der Waals surface area (Å²) >= 11 is 0. The summed E-state index contributed by atoms with van der Waals surface area (Å²) in [7, 11) is -1.63. The van der Waals surface area contributed by atoms with Gasteiger partial charge in [-0.05, 0) is 77.7 Å². The number of aliphatic hydroxyl groups is 2. The van der Waals surface area contributed by atoms with Gasteiger partial charge in [0.05, 0.1) is 25.9 Å². The third-order valence-corrected chi connectivity index (χ3v) is 10.2. The van der Waals surface area contributed by atoms with Crippen molar-refractivity contribution in [2.24, 2.45) is 45.1 Å². The van der Waals surface area contributed by atoms with Gasteiger partial charge in [-0.15, -0.1) is 0 Å². The Labute approximate surface area is 316 Å². The van der Waals surface area contributed by atoms with Crippen molar-refractivity contribution >= 4 is 31.7 Å². The first-order valence-corrected chi connectivity index (χ1v) is 19.9. The zero-order chi connectivity index (χ0) is 40.8. The second kappa shape index (κ2) is 21.9. The lowest BCUT2D eigenvalue weighted by atomic mass is 10.0. The molecule has 0 aromatic carbocycles.